The summed E-state index contributed by atoms with van der Waals surface area (Å²) in [4.78, 5) is 0. The van der Waals surface area contributed by atoms with E-state index in [0.717, 1.165) is 19.3 Å². The largest absolute Gasteiger partial charge is 0.230 e. The Balaban J connectivity index is 2.49. The SMILES string of the molecule is C#CC1(F)CCCCC1. The van der Waals surface area contributed by atoms with Crippen molar-refractivity contribution in [1.29, 1.82) is 0 Å². The molecule has 50 valence electrons. The number of terminal acetylenes is 1. The van der Waals surface area contributed by atoms with Crippen molar-refractivity contribution >= 4 is 0 Å². The summed E-state index contributed by atoms with van der Waals surface area (Å²) in [6.45, 7) is 0. The van der Waals surface area contributed by atoms with Crippen molar-refractivity contribution in [2.45, 2.75) is 37.8 Å². The van der Waals surface area contributed by atoms with Gasteiger partial charge in [-0.15, -0.1) is 6.42 Å². The summed E-state index contributed by atoms with van der Waals surface area (Å²) in [6, 6.07) is 0. The van der Waals surface area contributed by atoms with Crippen LogP contribution in [0.1, 0.15) is 32.1 Å². The zero-order valence-corrected chi connectivity index (χ0v) is 5.49. The van der Waals surface area contributed by atoms with E-state index >= 15 is 0 Å². The molecular formula is C8H11F. The van der Waals surface area contributed by atoms with Crippen molar-refractivity contribution in [3.63, 3.8) is 0 Å². The van der Waals surface area contributed by atoms with Gasteiger partial charge in [-0.25, -0.2) is 4.39 Å². The summed E-state index contributed by atoms with van der Waals surface area (Å²) in [5, 5.41) is 0. The van der Waals surface area contributed by atoms with Gasteiger partial charge in [-0.1, -0.05) is 12.3 Å². The molecule has 0 nitrogen and oxygen atoms in total. The van der Waals surface area contributed by atoms with E-state index in [0.29, 0.717) is 12.8 Å². The molecule has 0 aromatic rings. The molecule has 0 radical (unpaired) electrons. The van der Waals surface area contributed by atoms with Gasteiger partial charge in [0.15, 0.2) is 5.67 Å². The van der Waals surface area contributed by atoms with Crippen LogP contribution in [0.15, 0.2) is 0 Å². The maximum atomic E-state index is 13.1. The molecule has 1 heteroatoms. The maximum Gasteiger partial charge on any atom is 0.170 e. The predicted molar refractivity (Wildman–Crippen MR) is 35.8 cm³/mol. The Labute approximate surface area is 55.5 Å². The Hall–Kier alpha value is -0.510. The molecular weight excluding hydrogens is 115 g/mol. The quantitative estimate of drug-likeness (QED) is 0.437. The van der Waals surface area contributed by atoms with Crippen LogP contribution in [0.3, 0.4) is 0 Å². The lowest BCUT2D eigenvalue weighted by Crippen LogP contribution is -2.23. The summed E-state index contributed by atoms with van der Waals surface area (Å²) >= 11 is 0. The van der Waals surface area contributed by atoms with Crippen LogP contribution in [-0.4, -0.2) is 5.67 Å². The van der Waals surface area contributed by atoms with E-state index in [9.17, 15) is 4.39 Å². The van der Waals surface area contributed by atoms with Crippen molar-refractivity contribution in [2.24, 2.45) is 0 Å². The molecule has 0 amide bonds. The van der Waals surface area contributed by atoms with Gasteiger partial charge in [0.05, 0.1) is 0 Å². The number of alkyl halides is 1. The van der Waals surface area contributed by atoms with Gasteiger partial charge >= 0.3 is 0 Å². The average Bonchev–Trinajstić information content (AvgIpc) is 1.90. The maximum absolute atomic E-state index is 13.1. The Morgan fingerprint density at radius 2 is 1.78 bits per heavy atom. The molecule has 0 aromatic carbocycles. The first-order valence-corrected chi connectivity index (χ1v) is 3.43. The molecule has 1 saturated carbocycles. The topological polar surface area (TPSA) is 0 Å². The van der Waals surface area contributed by atoms with Gasteiger partial charge in [0.25, 0.3) is 0 Å². The molecule has 1 aliphatic carbocycles. The molecule has 0 N–H and O–H groups in total. The molecule has 0 spiro atoms. The van der Waals surface area contributed by atoms with Gasteiger partial charge in [-0.05, 0) is 25.7 Å². The summed E-state index contributed by atoms with van der Waals surface area (Å²) in [5.41, 5.74) is -1.25. The summed E-state index contributed by atoms with van der Waals surface area (Å²) in [6.07, 6.45) is 9.22. The first-order valence-electron chi connectivity index (χ1n) is 3.43. The highest BCUT2D eigenvalue weighted by molar-refractivity contribution is 5.08. The second-order valence-corrected chi connectivity index (χ2v) is 2.67. The van der Waals surface area contributed by atoms with Crippen molar-refractivity contribution in [3.05, 3.63) is 0 Å². The Bertz CT molecular complexity index is 126. The molecule has 0 heterocycles. The van der Waals surface area contributed by atoms with Crippen molar-refractivity contribution < 1.29 is 4.39 Å². The smallest absolute Gasteiger partial charge is 0.170 e. The highest BCUT2D eigenvalue weighted by Gasteiger charge is 2.28. The zero-order valence-electron chi connectivity index (χ0n) is 5.49. The monoisotopic (exact) mass is 126 g/mol. The van der Waals surface area contributed by atoms with E-state index in [1.807, 2.05) is 0 Å². The van der Waals surface area contributed by atoms with E-state index in [1.165, 1.54) is 0 Å². The zero-order chi connectivity index (χ0) is 6.74. The van der Waals surface area contributed by atoms with Gasteiger partial charge in [0, 0.05) is 0 Å². The molecule has 0 aliphatic heterocycles. The minimum atomic E-state index is -1.25. The van der Waals surface area contributed by atoms with Gasteiger partial charge in [0.1, 0.15) is 0 Å². The fourth-order valence-corrected chi connectivity index (χ4v) is 1.26. The van der Waals surface area contributed by atoms with Crippen molar-refractivity contribution in [3.8, 4) is 12.3 Å². The fraction of sp³-hybridized carbons (Fsp3) is 0.750. The molecule has 0 bridgehead atoms. The number of hydrogen-bond acceptors (Lipinski definition) is 0. The van der Waals surface area contributed by atoms with Gasteiger partial charge in [0.2, 0.25) is 0 Å². The van der Waals surface area contributed by atoms with Gasteiger partial charge in [-0.3, -0.25) is 0 Å². The molecule has 0 saturated heterocycles. The third kappa shape index (κ3) is 1.45. The van der Waals surface area contributed by atoms with Gasteiger partial charge < -0.3 is 0 Å². The van der Waals surface area contributed by atoms with Gasteiger partial charge in [-0.2, -0.15) is 0 Å². The molecule has 0 unspecified atom stereocenters. The van der Waals surface area contributed by atoms with Crippen LogP contribution in [0.25, 0.3) is 0 Å². The first kappa shape index (κ1) is 6.61. The number of halogens is 1. The normalized spacial score (nSPS) is 24.9. The highest BCUT2D eigenvalue weighted by Crippen LogP contribution is 2.30. The summed E-state index contributed by atoms with van der Waals surface area (Å²) in [7, 11) is 0. The summed E-state index contributed by atoms with van der Waals surface area (Å²) in [5.74, 6) is 2.21. The van der Waals surface area contributed by atoms with Crippen LogP contribution in [0.5, 0.6) is 0 Å². The summed E-state index contributed by atoms with van der Waals surface area (Å²) < 4.78 is 13.1. The van der Waals surface area contributed by atoms with E-state index in [1.54, 1.807) is 0 Å². The molecule has 1 rings (SSSR count). The average molecular weight is 126 g/mol. The lowest BCUT2D eigenvalue weighted by atomic mass is 9.87. The number of hydrogen-bond donors (Lipinski definition) is 0. The van der Waals surface area contributed by atoms with E-state index < -0.39 is 5.67 Å². The third-order valence-corrected chi connectivity index (χ3v) is 1.90. The minimum absolute atomic E-state index is 0.573. The van der Waals surface area contributed by atoms with Crippen LogP contribution < -0.4 is 0 Å². The van der Waals surface area contributed by atoms with E-state index in [4.69, 9.17) is 6.42 Å². The lowest BCUT2D eigenvalue weighted by molar-refractivity contribution is 0.175. The van der Waals surface area contributed by atoms with Crippen molar-refractivity contribution in [2.75, 3.05) is 0 Å². The van der Waals surface area contributed by atoms with Crippen LogP contribution >= 0.6 is 0 Å². The second-order valence-electron chi connectivity index (χ2n) is 2.67. The van der Waals surface area contributed by atoms with Crippen LogP contribution in [0.4, 0.5) is 4.39 Å². The van der Waals surface area contributed by atoms with Crippen molar-refractivity contribution in [1.82, 2.24) is 0 Å². The molecule has 0 atom stereocenters. The third-order valence-electron chi connectivity index (χ3n) is 1.90. The molecule has 0 aromatic heterocycles. The minimum Gasteiger partial charge on any atom is -0.230 e. The van der Waals surface area contributed by atoms with E-state index in [2.05, 4.69) is 5.92 Å². The predicted octanol–water partition coefficient (Wildman–Crippen LogP) is 2.29. The Morgan fingerprint density at radius 1 is 1.22 bits per heavy atom. The fourth-order valence-electron chi connectivity index (χ4n) is 1.26. The standard InChI is InChI=1S/C8H11F/c1-2-8(9)6-4-3-5-7-8/h1H,3-7H2. The van der Waals surface area contributed by atoms with Crippen LogP contribution in [-0.2, 0) is 0 Å². The van der Waals surface area contributed by atoms with Crippen LogP contribution in [0, 0.1) is 12.3 Å². The molecule has 1 aliphatic rings. The molecule has 1 fully saturated rings. The Morgan fingerprint density at radius 3 is 2.11 bits per heavy atom. The first-order chi connectivity index (χ1) is 4.27. The Kier molecular flexibility index (Phi) is 1.75. The van der Waals surface area contributed by atoms with Crippen LogP contribution in [0.2, 0.25) is 0 Å². The second kappa shape index (κ2) is 2.39. The molecule has 9 heavy (non-hydrogen) atoms. The number of rotatable bonds is 0. The van der Waals surface area contributed by atoms with E-state index in [-0.39, 0.29) is 0 Å². The highest BCUT2D eigenvalue weighted by atomic mass is 19.1. The lowest BCUT2D eigenvalue weighted by Gasteiger charge is -2.23.